The Labute approximate surface area is 83.9 Å². The van der Waals surface area contributed by atoms with Crippen molar-refractivity contribution in [2.75, 3.05) is 5.43 Å². The maximum absolute atomic E-state index is 10.8. The molecule has 0 atom stereocenters. The molecule has 7 heteroatoms. The average Bonchev–Trinajstić information content (AvgIpc) is 2.71. The van der Waals surface area contributed by atoms with Crippen LogP contribution in [0.25, 0.3) is 0 Å². The minimum atomic E-state index is -0.347. The Morgan fingerprint density at radius 1 is 1.60 bits per heavy atom. The third-order valence-corrected chi connectivity index (χ3v) is 1.48. The van der Waals surface area contributed by atoms with E-state index in [0.717, 1.165) is 6.20 Å². The molecule has 0 aliphatic rings. The molecular formula is C8H7N5O2. The van der Waals surface area contributed by atoms with E-state index in [1.54, 1.807) is 12.1 Å². The Morgan fingerprint density at radius 3 is 3.27 bits per heavy atom. The van der Waals surface area contributed by atoms with Crippen molar-refractivity contribution in [2.24, 2.45) is 5.10 Å². The van der Waals surface area contributed by atoms with Crippen molar-refractivity contribution < 1.29 is 4.42 Å². The highest BCUT2D eigenvalue weighted by Crippen LogP contribution is 1.95. The largest absolute Gasteiger partial charge is 0.463 e. The number of aromatic amines is 1. The van der Waals surface area contributed by atoms with Gasteiger partial charge in [-0.05, 0) is 12.1 Å². The van der Waals surface area contributed by atoms with Gasteiger partial charge in [0, 0.05) is 0 Å². The van der Waals surface area contributed by atoms with Crippen molar-refractivity contribution in [1.29, 1.82) is 0 Å². The predicted molar refractivity (Wildman–Crippen MR) is 52.6 cm³/mol. The summed E-state index contributed by atoms with van der Waals surface area (Å²) in [6.45, 7) is 0. The summed E-state index contributed by atoms with van der Waals surface area (Å²) in [7, 11) is 0. The summed E-state index contributed by atoms with van der Waals surface area (Å²) in [4.78, 5) is 13.2. The van der Waals surface area contributed by atoms with Gasteiger partial charge in [-0.15, -0.1) is 10.2 Å². The molecule has 0 saturated heterocycles. The summed E-state index contributed by atoms with van der Waals surface area (Å²) >= 11 is 0. The second kappa shape index (κ2) is 4.18. The first-order chi connectivity index (χ1) is 7.34. The number of hydrazone groups is 1. The van der Waals surface area contributed by atoms with Crippen molar-refractivity contribution in [3.8, 4) is 0 Å². The molecule has 2 N–H and O–H groups in total. The third kappa shape index (κ3) is 2.50. The lowest BCUT2D eigenvalue weighted by Crippen LogP contribution is -2.10. The number of hydrogen-bond acceptors (Lipinski definition) is 6. The lowest BCUT2D eigenvalue weighted by Gasteiger charge is -1.94. The molecule has 0 bridgehead atoms. The minimum Gasteiger partial charge on any atom is -0.463 e. The van der Waals surface area contributed by atoms with Crippen LogP contribution in [0.15, 0.2) is 38.9 Å². The van der Waals surface area contributed by atoms with Gasteiger partial charge in [0.25, 0.3) is 5.56 Å². The van der Waals surface area contributed by atoms with Crippen molar-refractivity contribution in [3.05, 3.63) is 40.7 Å². The number of furan rings is 1. The van der Waals surface area contributed by atoms with Gasteiger partial charge in [0.2, 0.25) is 5.95 Å². The van der Waals surface area contributed by atoms with Crippen molar-refractivity contribution in [3.63, 3.8) is 0 Å². The highest BCUT2D eigenvalue weighted by molar-refractivity contribution is 5.76. The quantitative estimate of drug-likeness (QED) is 0.551. The highest BCUT2D eigenvalue weighted by atomic mass is 16.3. The zero-order valence-corrected chi connectivity index (χ0v) is 7.54. The van der Waals surface area contributed by atoms with Gasteiger partial charge in [0.05, 0.1) is 12.5 Å². The van der Waals surface area contributed by atoms with Gasteiger partial charge in [-0.1, -0.05) is 0 Å². The lowest BCUT2D eigenvalue weighted by molar-refractivity contribution is 0.560. The fourth-order valence-electron chi connectivity index (χ4n) is 0.885. The smallest absolute Gasteiger partial charge is 0.271 e. The van der Waals surface area contributed by atoms with Crippen LogP contribution in [0.5, 0.6) is 0 Å². The number of anilines is 1. The van der Waals surface area contributed by atoms with Crippen LogP contribution in [-0.4, -0.2) is 21.4 Å². The molecule has 76 valence electrons. The fourth-order valence-corrected chi connectivity index (χ4v) is 0.885. The summed E-state index contributed by atoms with van der Waals surface area (Å²) in [5.41, 5.74) is 2.16. The van der Waals surface area contributed by atoms with E-state index in [1.807, 2.05) is 0 Å². The van der Waals surface area contributed by atoms with Crippen LogP contribution < -0.4 is 11.0 Å². The fraction of sp³-hybridized carbons (Fsp3) is 0. The summed E-state index contributed by atoms with van der Waals surface area (Å²) in [5, 5.41) is 10.8. The molecule has 2 aromatic rings. The SMILES string of the molecule is O=c1cnnc(NN=Cc2ccco2)[nH]1. The van der Waals surface area contributed by atoms with E-state index in [4.69, 9.17) is 4.42 Å². The molecule has 2 rings (SSSR count). The Kier molecular flexibility index (Phi) is 2.54. The van der Waals surface area contributed by atoms with Crippen LogP contribution in [0.2, 0.25) is 0 Å². The molecule has 7 nitrogen and oxygen atoms in total. The Bertz CT molecular complexity index is 502. The van der Waals surface area contributed by atoms with E-state index in [1.165, 1.54) is 12.5 Å². The zero-order valence-electron chi connectivity index (χ0n) is 7.54. The molecule has 0 aliphatic carbocycles. The molecular weight excluding hydrogens is 198 g/mol. The molecule has 0 unspecified atom stereocenters. The van der Waals surface area contributed by atoms with Crippen molar-refractivity contribution in [2.45, 2.75) is 0 Å². The second-order valence-corrected chi connectivity index (χ2v) is 2.57. The molecule has 0 aliphatic heterocycles. The maximum atomic E-state index is 10.8. The number of H-pyrrole nitrogens is 1. The minimum absolute atomic E-state index is 0.172. The number of aromatic nitrogens is 3. The first-order valence-corrected chi connectivity index (χ1v) is 4.09. The van der Waals surface area contributed by atoms with E-state index in [-0.39, 0.29) is 11.5 Å². The molecule has 0 saturated carbocycles. The van der Waals surface area contributed by atoms with Gasteiger partial charge in [-0.25, -0.2) is 5.43 Å². The van der Waals surface area contributed by atoms with E-state index < -0.39 is 0 Å². The predicted octanol–water partition coefficient (Wildman–Crippen LogP) is 0.204. The Morgan fingerprint density at radius 2 is 2.53 bits per heavy atom. The Balaban J connectivity index is 2.02. The summed E-state index contributed by atoms with van der Waals surface area (Å²) in [6.07, 6.45) is 4.06. The molecule has 2 aromatic heterocycles. The van der Waals surface area contributed by atoms with Crippen LogP contribution in [-0.2, 0) is 0 Å². The third-order valence-electron chi connectivity index (χ3n) is 1.48. The van der Waals surface area contributed by atoms with Gasteiger partial charge in [0.1, 0.15) is 12.0 Å². The topological polar surface area (TPSA) is 96.2 Å². The van der Waals surface area contributed by atoms with Gasteiger partial charge >= 0.3 is 0 Å². The number of nitrogens with zero attached hydrogens (tertiary/aromatic N) is 3. The summed E-state index contributed by atoms with van der Waals surface area (Å²) in [6, 6.07) is 3.48. The van der Waals surface area contributed by atoms with Crippen LogP contribution in [0.3, 0.4) is 0 Å². The van der Waals surface area contributed by atoms with Gasteiger partial charge < -0.3 is 4.42 Å². The number of rotatable bonds is 3. The lowest BCUT2D eigenvalue weighted by atomic mass is 10.5. The highest BCUT2D eigenvalue weighted by Gasteiger charge is 1.92. The number of nitrogens with one attached hydrogen (secondary N) is 2. The van der Waals surface area contributed by atoms with Gasteiger partial charge in [0.15, 0.2) is 0 Å². The zero-order chi connectivity index (χ0) is 10.5. The molecule has 2 heterocycles. The molecule has 0 fully saturated rings. The van der Waals surface area contributed by atoms with Crippen LogP contribution in [0.1, 0.15) is 5.76 Å². The Hall–Kier alpha value is -2.44. The van der Waals surface area contributed by atoms with E-state index in [2.05, 4.69) is 25.7 Å². The van der Waals surface area contributed by atoms with Crippen molar-refractivity contribution in [1.82, 2.24) is 15.2 Å². The van der Waals surface area contributed by atoms with Crippen LogP contribution >= 0.6 is 0 Å². The molecule has 0 amide bonds. The van der Waals surface area contributed by atoms with Crippen LogP contribution in [0.4, 0.5) is 5.95 Å². The molecule has 15 heavy (non-hydrogen) atoms. The standard InChI is InChI=1S/C8H7N5O2/c14-7-5-10-13-8(11-7)12-9-4-6-2-1-3-15-6/h1-5H,(H2,11,12,13,14). The monoisotopic (exact) mass is 205 g/mol. The van der Waals surface area contributed by atoms with Gasteiger partial charge in [-0.3, -0.25) is 9.78 Å². The summed E-state index contributed by atoms with van der Waals surface area (Å²) in [5.74, 6) is 0.763. The average molecular weight is 205 g/mol. The van der Waals surface area contributed by atoms with Gasteiger partial charge in [-0.2, -0.15) is 5.10 Å². The normalized spacial score (nSPS) is 10.7. The second-order valence-electron chi connectivity index (χ2n) is 2.57. The van der Waals surface area contributed by atoms with E-state index in [0.29, 0.717) is 5.76 Å². The maximum Gasteiger partial charge on any atom is 0.271 e. The van der Waals surface area contributed by atoms with E-state index >= 15 is 0 Å². The number of hydrogen-bond donors (Lipinski definition) is 2. The van der Waals surface area contributed by atoms with Crippen molar-refractivity contribution >= 4 is 12.2 Å². The first-order valence-electron chi connectivity index (χ1n) is 4.09. The molecule has 0 spiro atoms. The first kappa shape index (κ1) is 9.13. The van der Waals surface area contributed by atoms with E-state index in [9.17, 15) is 4.79 Å². The summed E-state index contributed by atoms with van der Waals surface area (Å²) < 4.78 is 5.00. The van der Waals surface area contributed by atoms with Crippen LogP contribution in [0, 0.1) is 0 Å². The molecule has 0 aromatic carbocycles. The molecule has 0 radical (unpaired) electrons.